The van der Waals surface area contributed by atoms with E-state index < -0.39 is 127 Å². The molecule has 418 valence electrons. The highest BCUT2D eigenvalue weighted by atomic mass is 16.7. The molecule has 0 bridgehead atoms. The van der Waals surface area contributed by atoms with Gasteiger partial charge in [0.05, 0.1) is 36.9 Å². The van der Waals surface area contributed by atoms with Gasteiger partial charge in [0, 0.05) is 70.6 Å². The summed E-state index contributed by atoms with van der Waals surface area (Å²) < 4.78 is 56.2. The fourth-order valence-corrected chi connectivity index (χ4v) is 10.6. The molecule has 0 radical (unpaired) electrons. The van der Waals surface area contributed by atoms with E-state index in [1.165, 1.54) is 14.0 Å². The van der Waals surface area contributed by atoms with Gasteiger partial charge in [-0.25, -0.2) is 0 Å². The second kappa shape index (κ2) is 29.2. The number of benzene rings is 1. The van der Waals surface area contributed by atoms with Crippen molar-refractivity contribution in [2.24, 2.45) is 11.8 Å². The summed E-state index contributed by atoms with van der Waals surface area (Å²) in [5.74, 6) is -3.47. The normalized spacial score (nSPS) is 33.8. The molecule has 1 aromatic carbocycles. The minimum Gasteiger partial charge on any atom is -0.462 e. The zero-order chi connectivity index (χ0) is 55.0. The van der Waals surface area contributed by atoms with Crippen LogP contribution < -0.4 is 0 Å². The van der Waals surface area contributed by atoms with Gasteiger partial charge in [-0.3, -0.25) is 24.2 Å². The maximum absolute atomic E-state index is 14.3. The van der Waals surface area contributed by atoms with E-state index in [0.29, 0.717) is 32.4 Å². The van der Waals surface area contributed by atoms with Crippen LogP contribution in [0.5, 0.6) is 0 Å². The minimum atomic E-state index is -1.44. The first kappa shape index (κ1) is 61.2. The van der Waals surface area contributed by atoms with Crippen LogP contribution in [0.2, 0.25) is 0 Å². The predicted octanol–water partition coefficient (Wildman–Crippen LogP) is 5.69. The number of β-amino-alcohol motifs (C(OH)–C–C–N with tert-alkyl or cyclic N) is 1. The van der Waals surface area contributed by atoms with Crippen molar-refractivity contribution in [1.29, 1.82) is 0 Å². The Hall–Kier alpha value is -4.70. The first-order chi connectivity index (χ1) is 35.7. The maximum atomic E-state index is 14.3. The van der Waals surface area contributed by atoms with E-state index in [4.69, 9.17) is 42.6 Å². The average molecular weight is 1050 g/mol. The number of aliphatic hydroxyl groups is 2. The molecular formula is C56H83N3O16. The van der Waals surface area contributed by atoms with Gasteiger partial charge >= 0.3 is 23.9 Å². The number of hydrogen-bond acceptors (Lipinski definition) is 19. The zero-order valence-electron chi connectivity index (χ0n) is 45.7. The number of aliphatic hydroxyl groups excluding tert-OH is 2. The third-order valence-electron chi connectivity index (χ3n) is 14.4. The summed E-state index contributed by atoms with van der Waals surface area (Å²) in [7, 11) is 6.81. The van der Waals surface area contributed by atoms with Gasteiger partial charge in [0.1, 0.15) is 36.8 Å². The Balaban J connectivity index is 1.45. The number of aromatic nitrogens is 1. The second-order valence-electron chi connectivity index (χ2n) is 20.8. The van der Waals surface area contributed by atoms with E-state index in [1.54, 1.807) is 66.0 Å². The molecule has 75 heavy (non-hydrogen) atoms. The highest BCUT2D eigenvalue weighted by Gasteiger charge is 2.54. The lowest BCUT2D eigenvalue weighted by Crippen LogP contribution is -2.66. The number of carbonyl (C=O) groups is 5. The quantitative estimate of drug-likeness (QED) is 0.110. The molecule has 0 saturated carbocycles. The van der Waals surface area contributed by atoms with Crippen molar-refractivity contribution >= 4 is 36.2 Å². The van der Waals surface area contributed by atoms with Gasteiger partial charge in [-0.1, -0.05) is 57.2 Å². The number of methoxy groups -OCH3 is 1. The Morgan fingerprint density at radius 3 is 2.32 bits per heavy atom. The largest absolute Gasteiger partial charge is 0.462 e. The summed E-state index contributed by atoms with van der Waals surface area (Å²) in [6.45, 7) is 12.4. The lowest BCUT2D eigenvalue weighted by atomic mass is 9.82. The molecule has 0 aliphatic carbocycles. The highest BCUT2D eigenvalue weighted by molar-refractivity contribution is 5.73. The number of aldehydes is 1. The zero-order valence-corrected chi connectivity index (χ0v) is 45.7. The van der Waals surface area contributed by atoms with Crippen molar-refractivity contribution in [3.63, 3.8) is 0 Å². The molecule has 3 aliphatic rings. The Kier molecular flexibility index (Phi) is 23.8. The predicted molar refractivity (Wildman–Crippen MR) is 276 cm³/mol. The van der Waals surface area contributed by atoms with E-state index in [9.17, 15) is 34.2 Å². The molecule has 0 amide bonds. The number of hydrogen-bond donors (Lipinski definition) is 2. The highest BCUT2D eigenvalue weighted by Crippen LogP contribution is 2.39. The topological polar surface area (TPSA) is 228 Å². The SMILES string of the molecule is CCC(=O)O[C@@H]1CC(=O)O[C@@H](C/C=C/c2cccc(-c3cccnc3)c2)CCCN(C)C[C@H](O)[C@H](C)C[C@H](CC=O)[C@H](O[C@@H]2OC(C)[C@H](O[C@H]3CC(C)(OC(C)=O)[C@@H](OC(=O)CC)C(C)O3)C(N(C)C)C2O)[C@H]1OC. The Morgan fingerprint density at radius 2 is 1.67 bits per heavy atom. The van der Waals surface area contributed by atoms with Crippen molar-refractivity contribution in [2.75, 3.05) is 41.3 Å². The summed E-state index contributed by atoms with van der Waals surface area (Å²) in [5.41, 5.74) is 1.61. The van der Waals surface area contributed by atoms with Gasteiger partial charge in [0.2, 0.25) is 0 Å². The molecule has 19 heteroatoms. The maximum Gasteiger partial charge on any atom is 0.309 e. The van der Waals surface area contributed by atoms with Crippen LogP contribution in [-0.2, 0) is 66.6 Å². The first-order valence-corrected chi connectivity index (χ1v) is 26.4. The van der Waals surface area contributed by atoms with Crippen LogP contribution in [0.1, 0.15) is 112 Å². The molecular weight excluding hydrogens is 971 g/mol. The summed E-state index contributed by atoms with van der Waals surface area (Å²) in [5, 5.41) is 24.1. The van der Waals surface area contributed by atoms with Gasteiger partial charge in [-0.05, 0) is 103 Å². The molecule has 3 aliphatic heterocycles. The van der Waals surface area contributed by atoms with Crippen molar-refractivity contribution in [3.8, 4) is 11.1 Å². The van der Waals surface area contributed by atoms with Crippen LogP contribution in [0.25, 0.3) is 17.2 Å². The van der Waals surface area contributed by atoms with Crippen molar-refractivity contribution in [3.05, 3.63) is 60.4 Å². The van der Waals surface area contributed by atoms with Crippen LogP contribution in [-0.4, -0.2) is 182 Å². The first-order valence-electron chi connectivity index (χ1n) is 26.4. The summed E-state index contributed by atoms with van der Waals surface area (Å²) in [6, 6.07) is 11.1. The third-order valence-corrected chi connectivity index (χ3v) is 14.4. The molecule has 3 saturated heterocycles. The van der Waals surface area contributed by atoms with Crippen LogP contribution in [0.4, 0.5) is 0 Å². The van der Waals surface area contributed by atoms with Gasteiger partial charge in [0.25, 0.3) is 0 Å². The minimum absolute atomic E-state index is 0.0254. The molecule has 19 nitrogen and oxygen atoms in total. The summed E-state index contributed by atoms with van der Waals surface area (Å²) >= 11 is 0. The molecule has 3 fully saturated rings. The van der Waals surface area contributed by atoms with Crippen LogP contribution >= 0.6 is 0 Å². The number of carbonyl (C=O) groups excluding carboxylic acids is 5. The smallest absolute Gasteiger partial charge is 0.309 e. The number of cyclic esters (lactones) is 1. The van der Waals surface area contributed by atoms with Crippen molar-refractivity contribution in [2.45, 2.75) is 192 Å². The number of pyridine rings is 1. The van der Waals surface area contributed by atoms with E-state index in [2.05, 4.69) is 11.1 Å². The average Bonchev–Trinajstić information content (AvgIpc) is 3.35. The third kappa shape index (κ3) is 17.4. The van der Waals surface area contributed by atoms with Gasteiger partial charge in [0.15, 0.2) is 24.3 Å². The Labute approximate surface area is 442 Å². The fraction of sp³-hybridized carbons (Fsp3) is 0.679. The standard InChI is InChI=1S/C56H83N3O16/c1-12-45(63)71-44-30-47(65)70-42(22-15-19-38-18-14-20-39(29-38)41-21-16-25-57-32-41)23-17-26-59(10)33-43(62)34(3)28-40(24-27-60)52(53(44)67-11)74-55-50(66)49(58(8)9)51(35(4)69-55)73-48-31-56(7,75-37(6)61)54(36(5)68-48)72-46(64)13-2/h14-16,18-21,25,27,29,32,34-36,40,42-44,48-55,62,66H,12-13,17,22-24,26,28,30-31,33H2,1-11H3/b19-15+/t34-,35?,36?,40+,42+,43+,44-,48+,49?,50?,51+,52+,53+,54+,55+,56?/m1/s1. The Morgan fingerprint density at radius 1 is 0.947 bits per heavy atom. The lowest BCUT2D eigenvalue weighted by molar-refractivity contribution is -0.344. The monoisotopic (exact) mass is 1050 g/mol. The fourth-order valence-electron chi connectivity index (χ4n) is 10.6. The van der Waals surface area contributed by atoms with Crippen molar-refractivity contribution in [1.82, 2.24) is 14.8 Å². The van der Waals surface area contributed by atoms with Gasteiger partial charge in [-0.2, -0.15) is 0 Å². The molecule has 2 N–H and O–H groups in total. The molecule has 1 aromatic heterocycles. The Bertz CT molecular complexity index is 2160. The molecule has 5 rings (SSSR count). The lowest BCUT2D eigenvalue weighted by Gasteiger charge is -2.50. The number of likely N-dealkylation sites (N-methyl/N-ethyl adjacent to an activating group) is 2. The number of rotatable bonds is 17. The molecule has 5 unspecified atom stereocenters. The van der Waals surface area contributed by atoms with Crippen LogP contribution in [0, 0.1) is 11.8 Å². The second-order valence-corrected chi connectivity index (χ2v) is 20.8. The number of nitrogens with zero attached hydrogens (tertiary/aromatic N) is 3. The molecule has 4 heterocycles. The molecule has 0 spiro atoms. The molecule has 16 atom stereocenters. The summed E-state index contributed by atoms with van der Waals surface area (Å²) in [6.07, 6.45) is -2.90. The molecule has 2 aromatic rings. The van der Waals surface area contributed by atoms with Crippen LogP contribution in [0.15, 0.2) is 54.9 Å². The van der Waals surface area contributed by atoms with E-state index in [0.717, 1.165) is 23.0 Å². The van der Waals surface area contributed by atoms with Crippen LogP contribution in [0.3, 0.4) is 0 Å². The van der Waals surface area contributed by atoms with Gasteiger partial charge in [-0.15, -0.1) is 0 Å². The van der Waals surface area contributed by atoms with E-state index >= 15 is 0 Å². The summed E-state index contributed by atoms with van der Waals surface area (Å²) in [4.78, 5) is 73.1. The van der Waals surface area contributed by atoms with Crippen molar-refractivity contribution < 1.29 is 76.8 Å². The number of esters is 4. The van der Waals surface area contributed by atoms with Gasteiger partial charge < -0.3 is 67.4 Å². The number of ether oxygens (including phenoxy) is 9. The van der Waals surface area contributed by atoms with E-state index in [-0.39, 0.29) is 32.1 Å². The van der Waals surface area contributed by atoms with E-state index in [1.807, 2.05) is 61.4 Å².